The molecular weight excluding hydrogens is 222 g/mol. The van der Waals surface area contributed by atoms with Crippen molar-refractivity contribution in [2.75, 3.05) is 31.8 Å². The topological polar surface area (TPSA) is 59.0 Å². The zero-order valence-electron chi connectivity index (χ0n) is 9.63. The van der Waals surface area contributed by atoms with Gasteiger partial charge in [0.15, 0.2) is 6.10 Å². The lowest BCUT2D eigenvalue weighted by atomic mass is 10.2. The predicted octanol–water partition coefficient (Wildman–Crippen LogP) is 0.419. The first kappa shape index (κ1) is 11.9. The quantitative estimate of drug-likeness (QED) is 0.827. The molecule has 2 rings (SSSR count). The van der Waals surface area contributed by atoms with Gasteiger partial charge in [-0.1, -0.05) is 6.07 Å². The number of methoxy groups -OCH3 is 1. The molecule has 0 saturated carbocycles. The normalized spacial score (nSPS) is 20.5. The highest BCUT2D eigenvalue weighted by atomic mass is 16.5. The fourth-order valence-electron chi connectivity index (χ4n) is 1.81. The number of anilines is 1. The molecule has 1 amide bonds. The Morgan fingerprint density at radius 2 is 2.41 bits per heavy atom. The molecule has 1 heterocycles. The van der Waals surface area contributed by atoms with Crippen molar-refractivity contribution in [2.45, 2.75) is 6.10 Å². The smallest absolute Gasteiger partial charge is 0.258 e. The van der Waals surface area contributed by atoms with E-state index < -0.39 is 6.10 Å². The molecular formula is C12H15NO4. The van der Waals surface area contributed by atoms with Crippen LogP contribution in [-0.4, -0.2) is 44.0 Å². The number of aliphatic hydroxyl groups is 1. The van der Waals surface area contributed by atoms with Crippen molar-refractivity contribution in [1.82, 2.24) is 0 Å². The molecule has 1 aliphatic heterocycles. The second-order valence-electron chi connectivity index (χ2n) is 3.73. The van der Waals surface area contributed by atoms with Gasteiger partial charge in [0.05, 0.1) is 20.3 Å². The Hall–Kier alpha value is -1.59. The molecule has 1 fully saturated rings. The summed E-state index contributed by atoms with van der Waals surface area (Å²) in [6.45, 7) is 0.621. The van der Waals surface area contributed by atoms with Gasteiger partial charge in [-0.2, -0.15) is 0 Å². The predicted molar refractivity (Wildman–Crippen MR) is 62.2 cm³/mol. The highest BCUT2D eigenvalue weighted by Gasteiger charge is 2.29. The van der Waals surface area contributed by atoms with Gasteiger partial charge in [0.25, 0.3) is 5.91 Å². The first-order chi connectivity index (χ1) is 8.26. The molecule has 1 N–H and O–H groups in total. The van der Waals surface area contributed by atoms with Gasteiger partial charge < -0.3 is 19.5 Å². The van der Waals surface area contributed by atoms with Crippen molar-refractivity contribution in [3.05, 3.63) is 24.3 Å². The number of ether oxygens (including phenoxy) is 2. The molecule has 92 valence electrons. The maximum atomic E-state index is 12.0. The van der Waals surface area contributed by atoms with Gasteiger partial charge in [-0.3, -0.25) is 4.79 Å². The molecule has 0 bridgehead atoms. The lowest BCUT2D eigenvalue weighted by Crippen LogP contribution is -2.49. The van der Waals surface area contributed by atoms with Crippen LogP contribution in [-0.2, 0) is 9.53 Å². The van der Waals surface area contributed by atoms with Gasteiger partial charge in [-0.05, 0) is 12.1 Å². The average Bonchev–Trinajstić information content (AvgIpc) is 2.39. The fraction of sp³-hybridized carbons (Fsp3) is 0.417. The summed E-state index contributed by atoms with van der Waals surface area (Å²) in [6, 6.07) is 7.26. The van der Waals surface area contributed by atoms with Gasteiger partial charge in [-0.25, -0.2) is 0 Å². The molecule has 1 saturated heterocycles. The van der Waals surface area contributed by atoms with Crippen LogP contribution in [0.1, 0.15) is 0 Å². The molecule has 5 heteroatoms. The van der Waals surface area contributed by atoms with Gasteiger partial charge in [-0.15, -0.1) is 0 Å². The van der Waals surface area contributed by atoms with Gasteiger partial charge in [0.1, 0.15) is 5.75 Å². The van der Waals surface area contributed by atoms with E-state index in [4.69, 9.17) is 14.6 Å². The summed E-state index contributed by atoms with van der Waals surface area (Å²) < 4.78 is 10.3. The monoisotopic (exact) mass is 237 g/mol. The zero-order valence-corrected chi connectivity index (χ0v) is 9.63. The molecule has 1 atom stereocenters. The van der Waals surface area contributed by atoms with Crippen LogP contribution >= 0.6 is 0 Å². The van der Waals surface area contributed by atoms with E-state index in [1.54, 1.807) is 18.1 Å². The number of carbonyl (C=O) groups excluding carboxylic acids is 1. The van der Waals surface area contributed by atoms with E-state index >= 15 is 0 Å². The minimum absolute atomic E-state index is 0.216. The third-order valence-electron chi connectivity index (χ3n) is 2.71. The van der Waals surface area contributed by atoms with Crippen molar-refractivity contribution >= 4 is 11.6 Å². The summed E-state index contributed by atoms with van der Waals surface area (Å²) >= 11 is 0. The lowest BCUT2D eigenvalue weighted by molar-refractivity contribution is -0.136. The Balaban J connectivity index is 2.23. The summed E-state index contributed by atoms with van der Waals surface area (Å²) in [4.78, 5) is 13.6. The molecule has 1 aromatic carbocycles. The fourth-order valence-corrected chi connectivity index (χ4v) is 1.81. The number of nitrogens with zero attached hydrogens (tertiary/aromatic N) is 1. The third-order valence-corrected chi connectivity index (χ3v) is 2.71. The van der Waals surface area contributed by atoms with Crippen molar-refractivity contribution in [1.29, 1.82) is 0 Å². The number of hydrogen-bond acceptors (Lipinski definition) is 4. The molecule has 0 aromatic heterocycles. The summed E-state index contributed by atoms with van der Waals surface area (Å²) in [6.07, 6.45) is -0.755. The summed E-state index contributed by atoms with van der Waals surface area (Å²) in [7, 11) is 1.58. The van der Waals surface area contributed by atoms with Crippen molar-refractivity contribution in [2.24, 2.45) is 0 Å². The van der Waals surface area contributed by atoms with Crippen molar-refractivity contribution < 1.29 is 19.4 Å². The second kappa shape index (κ2) is 5.16. The number of aliphatic hydroxyl groups excluding tert-OH is 1. The minimum atomic E-state index is -0.755. The summed E-state index contributed by atoms with van der Waals surface area (Å²) in [5.74, 6) is 0.481. The molecule has 1 aromatic rings. The maximum Gasteiger partial charge on any atom is 0.258 e. The minimum Gasteiger partial charge on any atom is -0.497 e. The first-order valence-corrected chi connectivity index (χ1v) is 5.44. The number of morpholine rings is 1. The second-order valence-corrected chi connectivity index (χ2v) is 3.73. The highest BCUT2D eigenvalue weighted by Crippen LogP contribution is 2.23. The number of amides is 1. The van der Waals surface area contributed by atoms with Gasteiger partial charge >= 0.3 is 0 Å². The molecule has 1 unspecified atom stereocenters. The van der Waals surface area contributed by atoms with E-state index in [0.29, 0.717) is 18.9 Å². The number of hydrogen-bond donors (Lipinski definition) is 1. The van der Waals surface area contributed by atoms with Crippen LogP contribution in [0, 0.1) is 0 Å². The van der Waals surface area contributed by atoms with Crippen LogP contribution in [0.15, 0.2) is 24.3 Å². The molecule has 0 aliphatic carbocycles. The van der Waals surface area contributed by atoms with E-state index in [2.05, 4.69) is 0 Å². The maximum absolute atomic E-state index is 12.0. The first-order valence-electron chi connectivity index (χ1n) is 5.44. The van der Waals surface area contributed by atoms with Crippen LogP contribution in [0.4, 0.5) is 5.69 Å². The summed E-state index contributed by atoms with van der Waals surface area (Å²) in [5.41, 5.74) is 0.760. The Morgan fingerprint density at radius 3 is 3.12 bits per heavy atom. The summed E-state index contributed by atoms with van der Waals surface area (Å²) in [5, 5.41) is 9.03. The van der Waals surface area contributed by atoms with E-state index in [-0.39, 0.29) is 12.5 Å². The van der Waals surface area contributed by atoms with Crippen LogP contribution in [0.2, 0.25) is 0 Å². The standard InChI is InChI=1S/C12H15NO4/c1-16-10-4-2-3-9(7-10)13-5-6-17-11(8-14)12(13)15/h2-4,7,11,14H,5-6,8H2,1H3. The number of carbonyl (C=O) groups is 1. The molecule has 5 nitrogen and oxygen atoms in total. The largest absolute Gasteiger partial charge is 0.497 e. The van der Waals surface area contributed by atoms with Crippen molar-refractivity contribution in [3.8, 4) is 5.75 Å². The zero-order chi connectivity index (χ0) is 12.3. The van der Waals surface area contributed by atoms with Crippen LogP contribution in [0.3, 0.4) is 0 Å². The van der Waals surface area contributed by atoms with Crippen LogP contribution in [0.5, 0.6) is 5.75 Å². The SMILES string of the molecule is COc1cccc(N2CCOC(CO)C2=O)c1. The number of benzene rings is 1. The van der Waals surface area contributed by atoms with E-state index in [9.17, 15) is 4.79 Å². The Morgan fingerprint density at radius 1 is 1.59 bits per heavy atom. The van der Waals surface area contributed by atoms with Crippen LogP contribution in [0.25, 0.3) is 0 Å². The van der Waals surface area contributed by atoms with Crippen molar-refractivity contribution in [3.63, 3.8) is 0 Å². The Kier molecular flexibility index (Phi) is 3.61. The molecule has 1 aliphatic rings. The lowest BCUT2D eigenvalue weighted by Gasteiger charge is -2.31. The van der Waals surface area contributed by atoms with E-state index in [0.717, 1.165) is 5.69 Å². The molecule has 0 radical (unpaired) electrons. The Labute approximate surface area is 99.6 Å². The molecule has 0 spiro atoms. The third kappa shape index (κ3) is 2.40. The van der Waals surface area contributed by atoms with E-state index in [1.165, 1.54) is 0 Å². The Bertz CT molecular complexity index is 407. The van der Waals surface area contributed by atoms with Gasteiger partial charge in [0, 0.05) is 18.3 Å². The van der Waals surface area contributed by atoms with E-state index in [1.807, 2.05) is 18.2 Å². The van der Waals surface area contributed by atoms with Gasteiger partial charge in [0.2, 0.25) is 0 Å². The molecule has 17 heavy (non-hydrogen) atoms. The number of rotatable bonds is 3. The average molecular weight is 237 g/mol. The van der Waals surface area contributed by atoms with Crippen LogP contribution < -0.4 is 9.64 Å². The highest BCUT2D eigenvalue weighted by molar-refractivity contribution is 5.97.